The number of hydrogen-bond donors (Lipinski definition) is 1. The van der Waals surface area contributed by atoms with Crippen molar-refractivity contribution in [3.8, 4) is 17.2 Å². The van der Waals surface area contributed by atoms with E-state index in [-0.39, 0.29) is 11.7 Å². The molecule has 0 saturated carbocycles. The number of rotatable bonds is 8. The molecule has 0 spiro atoms. The number of methoxy groups -OCH3 is 1. The third-order valence-corrected chi connectivity index (χ3v) is 7.72. The van der Waals surface area contributed by atoms with E-state index in [4.69, 9.17) is 9.47 Å². The van der Waals surface area contributed by atoms with E-state index in [9.17, 15) is 14.7 Å². The van der Waals surface area contributed by atoms with Crippen LogP contribution in [0.15, 0.2) is 57.5 Å². The summed E-state index contributed by atoms with van der Waals surface area (Å²) < 4.78 is 13.3. The van der Waals surface area contributed by atoms with Crippen molar-refractivity contribution >= 4 is 49.3 Å². The maximum Gasteiger partial charge on any atom is 0.326 e. The highest BCUT2D eigenvalue weighted by atomic mass is 79.9. The van der Waals surface area contributed by atoms with E-state index in [2.05, 4.69) is 45.7 Å². The van der Waals surface area contributed by atoms with Gasteiger partial charge in [0.1, 0.15) is 17.5 Å². The van der Waals surface area contributed by atoms with E-state index in [1.165, 1.54) is 0 Å². The summed E-state index contributed by atoms with van der Waals surface area (Å²) in [7, 11) is 1.59. The Balaban J connectivity index is 1.79. The van der Waals surface area contributed by atoms with Gasteiger partial charge in [0.2, 0.25) is 0 Å². The molecule has 3 aromatic carbocycles. The predicted molar refractivity (Wildman–Crippen MR) is 152 cm³/mol. The van der Waals surface area contributed by atoms with Gasteiger partial charge in [-0.1, -0.05) is 37.6 Å². The molecule has 1 aliphatic rings. The molecule has 6 nitrogen and oxygen atoms in total. The molecule has 1 N–H and O–H groups in total. The zero-order valence-electron chi connectivity index (χ0n) is 21.2. The quantitative estimate of drug-likeness (QED) is 0.257. The molecule has 0 aromatic heterocycles. The maximum absolute atomic E-state index is 13.6. The van der Waals surface area contributed by atoms with E-state index >= 15 is 0 Å². The van der Waals surface area contributed by atoms with Crippen molar-refractivity contribution in [2.24, 2.45) is 0 Å². The second kappa shape index (κ2) is 11.3. The fourth-order valence-electron chi connectivity index (χ4n) is 4.66. The summed E-state index contributed by atoms with van der Waals surface area (Å²) in [6.07, 6.45) is 1.43. The van der Waals surface area contributed by atoms with E-state index in [0.29, 0.717) is 50.3 Å². The van der Waals surface area contributed by atoms with Gasteiger partial charge in [0, 0.05) is 23.4 Å². The molecule has 4 rings (SSSR count). The lowest BCUT2D eigenvalue weighted by Gasteiger charge is -2.25. The summed E-state index contributed by atoms with van der Waals surface area (Å²) in [6, 6.07) is 14.2. The molecule has 1 heterocycles. The zero-order valence-corrected chi connectivity index (χ0v) is 24.4. The van der Waals surface area contributed by atoms with Crippen LogP contribution in [0.5, 0.6) is 17.2 Å². The van der Waals surface area contributed by atoms with Gasteiger partial charge in [-0.2, -0.15) is 0 Å². The van der Waals surface area contributed by atoms with Gasteiger partial charge in [0.25, 0.3) is 0 Å². The number of ketones is 1. The minimum atomic E-state index is -0.830. The summed E-state index contributed by atoms with van der Waals surface area (Å²) in [5, 5.41) is 9.61. The summed E-state index contributed by atoms with van der Waals surface area (Å²) in [6.45, 7) is 6.72. The number of aliphatic carboxylic acids is 1. The highest BCUT2D eigenvalue weighted by Gasteiger charge is 2.31. The van der Waals surface area contributed by atoms with Gasteiger partial charge in [0.05, 0.1) is 21.6 Å². The first-order valence-electron chi connectivity index (χ1n) is 12.1. The van der Waals surface area contributed by atoms with Crippen LogP contribution in [0.3, 0.4) is 0 Å². The van der Waals surface area contributed by atoms with Crippen LogP contribution in [0.4, 0.5) is 5.69 Å². The molecule has 0 amide bonds. The van der Waals surface area contributed by atoms with Gasteiger partial charge >= 0.3 is 5.97 Å². The highest BCUT2D eigenvalue weighted by molar-refractivity contribution is 9.11. The monoisotopic (exact) mass is 629 g/mol. The number of benzene rings is 3. The van der Waals surface area contributed by atoms with Crippen molar-refractivity contribution in [2.45, 2.75) is 45.6 Å². The first-order chi connectivity index (χ1) is 17.6. The molecule has 37 heavy (non-hydrogen) atoms. The van der Waals surface area contributed by atoms with E-state index < -0.39 is 12.0 Å². The summed E-state index contributed by atoms with van der Waals surface area (Å²) >= 11 is 7.22. The lowest BCUT2D eigenvalue weighted by atomic mass is 9.95. The van der Waals surface area contributed by atoms with Crippen molar-refractivity contribution in [3.05, 3.63) is 79.7 Å². The second-order valence-electron chi connectivity index (χ2n) is 9.47. The molecule has 0 radical (unpaired) electrons. The fourth-order valence-corrected chi connectivity index (χ4v) is 5.98. The van der Waals surface area contributed by atoms with Crippen LogP contribution < -0.4 is 14.4 Å². The highest BCUT2D eigenvalue weighted by Crippen LogP contribution is 2.44. The number of carboxylic acids is 1. The van der Waals surface area contributed by atoms with Gasteiger partial charge in [-0.3, -0.25) is 4.79 Å². The average Bonchev–Trinajstić information content (AvgIpc) is 3.36. The zero-order chi connectivity index (χ0) is 26.9. The number of halogens is 2. The molecule has 194 valence electrons. The van der Waals surface area contributed by atoms with Gasteiger partial charge in [-0.05, 0) is 87.9 Å². The molecule has 8 heteroatoms. The number of aryl methyl sites for hydroxylation is 1. The molecule has 3 aromatic rings. The Labute approximate surface area is 233 Å². The number of carbonyl (C=O) groups is 2. The van der Waals surface area contributed by atoms with E-state index in [0.717, 1.165) is 23.2 Å². The van der Waals surface area contributed by atoms with Crippen molar-refractivity contribution in [1.82, 2.24) is 0 Å². The smallest absolute Gasteiger partial charge is 0.326 e. The summed E-state index contributed by atoms with van der Waals surface area (Å²) in [5.41, 5.74) is 3.64. The molecule has 0 aliphatic carbocycles. The standard InChI is InChI=1S/C29H29Br2NO5/c1-16(2)20-14-26(21(15-25(20)36-4)27(33)18-8-5-7-17(3)11-18)37-28-22(30)12-19(13-23(28)31)32-10-6-9-24(32)29(34)35/h5,7-8,11-16,24H,6,9-10H2,1-4H3,(H,34,35). The second-order valence-corrected chi connectivity index (χ2v) is 11.2. The van der Waals surface area contributed by atoms with Gasteiger partial charge in [-0.15, -0.1) is 0 Å². The van der Waals surface area contributed by atoms with Crippen LogP contribution in [0.2, 0.25) is 0 Å². The van der Waals surface area contributed by atoms with Crippen LogP contribution >= 0.6 is 31.9 Å². The number of carbonyl (C=O) groups excluding carboxylic acids is 1. The van der Waals surface area contributed by atoms with E-state index in [1.807, 2.05) is 48.2 Å². The SMILES string of the molecule is COc1cc(C(=O)c2cccc(C)c2)c(Oc2c(Br)cc(N3CCCC3C(=O)O)cc2Br)cc1C(C)C. The lowest BCUT2D eigenvalue weighted by molar-refractivity contribution is -0.138. The minimum absolute atomic E-state index is 0.137. The molecule has 1 atom stereocenters. The minimum Gasteiger partial charge on any atom is -0.496 e. The Hall–Kier alpha value is -2.84. The molecule has 1 unspecified atom stereocenters. The van der Waals surface area contributed by atoms with Gasteiger partial charge in [0.15, 0.2) is 11.5 Å². The first kappa shape index (κ1) is 27.2. The Morgan fingerprint density at radius 1 is 1.05 bits per heavy atom. The van der Waals surface area contributed by atoms with Crippen molar-refractivity contribution < 1.29 is 24.2 Å². The van der Waals surface area contributed by atoms with Crippen LogP contribution in [0.25, 0.3) is 0 Å². The number of carboxylic acid groups (broad SMARTS) is 1. The van der Waals surface area contributed by atoms with Crippen molar-refractivity contribution in [1.29, 1.82) is 0 Å². The van der Waals surface area contributed by atoms with Crippen molar-refractivity contribution in [3.63, 3.8) is 0 Å². The lowest BCUT2D eigenvalue weighted by Crippen LogP contribution is -2.35. The van der Waals surface area contributed by atoms with E-state index in [1.54, 1.807) is 19.2 Å². The predicted octanol–water partition coefficient (Wildman–Crippen LogP) is 7.73. The third kappa shape index (κ3) is 5.70. The fraction of sp³-hybridized carbons (Fsp3) is 0.310. The van der Waals surface area contributed by atoms with Crippen molar-refractivity contribution in [2.75, 3.05) is 18.6 Å². The van der Waals surface area contributed by atoms with Gasteiger partial charge < -0.3 is 19.5 Å². The molecule has 0 bridgehead atoms. The number of nitrogens with zero attached hydrogens (tertiary/aromatic N) is 1. The van der Waals surface area contributed by atoms with Gasteiger partial charge in [-0.25, -0.2) is 4.79 Å². The van der Waals surface area contributed by atoms with Crippen LogP contribution in [0, 0.1) is 6.92 Å². The normalized spacial score (nSPS) is 15.2. The molecule has 1 saturated heterocycles. The summed E-state index contributed by atoms with van der Waals surface area (Å²) in [5.74, 6) is 0.669. The topological polar surface area (TPSA) is 76.1 Å². The molecule has 1 aliphatic heterocycles. The third-order valence-electron chi connectivity index (χ3n) is 6.54. The summed E-state index contributed by atoms with van der Waals surface area (Å²) in [4.78, 5) is 27.2. The maximum atomic E-state index is 13.6. The Morgan fingerprint density at radius 2 is 1.76 bits per heavy atom. The number of anilines is 1. The average molecular weight is 631 g/mol. The first-order valence-corrected chi connectivity index (χ1v) is 13.7. The number of ether oxygens (including phenoxy) is 2. The van der Waals surface area contributed by atoms with Crippen LogP contribution in [-0.4, -0.2) is 36.6 Å². The molecular weight excluding hydrogens is 602 g/mol. The Morgan fingerprint density at radius 3 is 2.35 bits per heavy atom. The Bertz CT molecular complexity index is 1330. The molecular formula is C29H29Br2NO5. The largest absolute Gasteiger partial charge is 0.496 e. The van der Waals surface area contributed by atoms with Crippen LogP contribution in [0.1, 0.15) is 59.7 Å². The Kier molecular flexibility index (Phi) is 8.29. The molecule has 1 fully saturated rings. The van der Waals surface area contributed by atoms with Crippen LogP contribution in [-0.2, 0) is 4.79 Å². The number of hydrogen-bond acceptors (Lipinski definition) is 5.